The Kier molecular flexibility index (Phi) is 4.76. The first kappa shape index (κ1) is 16.1. The van der Waals surface area contributed by atoms with Gasteiger partial charge in [0.25, 0.3) is 9.05 Å². The van der Waals surface area contributed by atoms with Gasteiger partial charge in [0.15, 0.2) is 0 Å². The van der Waals surface area contributed by atoms with Gasteiger partial charge >= 0.3 is 0 Å². The van der Waals surface area contributed by atoms with E-state index in [-0.39, 0.29) is 11.5 Å². The third-order valence-corrected chi connectivity index (χ3v) is 4.41. The molecule has 0 fully saturated rings. The van der Waals surface area contributed by atoms with Gasteiger partial charge in [0.2, 0.25) is 0 Å². The van der Waals surface area contributed by atoms with E-state index in [2.05, 4.69) is 0 Å². The van der Waals surface area contributed by atoms with Crippen LogP contribution in [0.1, 0.15) is 11.1 Å². The van der Waals surface area contributed by atoms with Gasteiger partial charge in [-0.15, -0.1) is 0 Å². The molecule has 21 heavy (non-hydrogen) atoms. The summed E-state index contributed by atoms with van der Waals surface area (Å²) >= 11 is 5.67. The smallest absolute Gasteiger partial charge is 0.261 e. The van der Waals surface area contributed by atoms with Crippen molar-refractivity contribution in [2.45, 2.75) is 18.4 Å². The minimum atomic E-state index is -3.78. The van der Waals surface area contributed by atoms with Crippen LogP contribution in [-0.2, 0) is 15.7 Å². The first-order chi connectivity index (χ1) is 9.77. The van der Waals surface area contributed by atoms with Gasteiger partial charge in [-0.25, -0.2) is 12.8 Å². The number of hydrogen-bond acceptors (Lipinski definition) is 3. The van der Waals surface area contributed by atoms with E-state index in [0.29, 0.717) is 21.9 Å². The van der Waals surface area contributed by atoms with Crippen LogP contribution >= 0.6 is 22.3 Å². The Bertz CT molecular complexity index is 776. The average molecular weight is 349 g/mol. The molecule has 0 saturated carbocycles. The molecule has 0 spiro atoms. The van der Waals surface area contributed by atoms with Crippen LogP contribution in [0.15, 0.2) is 41.3 Å². The summed E-state index contributed by atoms with van der Waals surface area (Å²) in [5, 5.41) is 0.309. The first-order valence-electron chi connectivity index (χ1n) is 5.89. The molecule has 3 nitrogen and oxygen atoms in total. The first-order valence-corrected chi connectivity index (χ1v) is 8.58. The van der Waals surface area contributed by atoms with Crippen molar-refractivity contribution < 1.29 is 17.5 Å². The molecule has 0 radical (unpaired) electrons. The third-order valence-electron chi connectivity index (χ3n) is 2.83. The molecular formula is C14H11Cl2FO3S. The van der Waals surface area contributed by atoms with Crippen LogP contribution in [0.3, 0.4) is 0 Å². The summed E-state index contributed by atoms with van der Waals surface area (Å²) in [6, 6.07) is 8.53. The Balaban J connectivity index is 2.17. The van der Waals surface area contributed by atoms with Crippen molar-refractivity contribution >= 4 is 31.3 Å². The second-order valence-electron chi connectivity index (χ2n) is 4.39. The van der Waals surface area contributed by atoms with Crippen molar-refractivity contribution in [3.05, 3.63) is 58.4 Å². The molecule has 2 rings (SSSR count). The fraction of sp³-hybridized carbons (Fsp3) is 0.143. The minimum absolute atomic E-state index is 0.00769. The zero-order chi connectivity index (χ0) is 15.6. The van der Waals surface area contributed by atoms with E-state index >= 15 is 0 Å². The quantitative estimate of drug-likeness (QED) is 0.774. The van der Waals surface area contributed by atoms with E-state index in [4.69, 9.17) is 27.0 Å². The molecule has 0 aliphatic heterocycles. The molecule has 7 heteroatoms. The molecule has 0 unspecified atom stereocenters. The van der Waals surface area contributed by atoms with E-state index in [1.165, 1.54) is 30.3 Å². The summed E-state index contributed by atoms with van der Waals surface area (Å²) in [6.07, 6.45) is 0. The molecular weight excluding hydrogens is 338 g/mol. The second kappa shape index (κ2) is 6.22. The van der Waals surface area contributed by atoms with Gasteiger partial charge in [0.05, 0.1) is 4.90 Å². The largest absolute Gasteiger partial charge is 0.489 e. The predicted octanol–water partition coefficient (Wildman–Crippen LogP) is 4.29. The number of rotatable bonds is 4. The van der Waals surface area contributed by atoms with Crippen LogP contribution in [0, 0.1) is 12.7 Å². The van der Waals surface area contributed by atoms with Crippen LogP contribution < -0.4 is 4.74 Å². The standard InChI is InChI=1S/C14H11Cl2FO3S/c1-9-6-12(21(16,18)19)4-5-14(9)20-8-10-2-3-11(15)7-13(10)17/h2-7H,8H2,1H3. The molecule has 0 N–H and O–H groups in total. The molecule has 0 saturated heterocycles. The Hall–Kier alpha value is -1.30. The van der Waals surface area contributed by atoms with E-state index in [0.717, 1.165) is 0 Å². The van der Waals surface area contributed by atoms with Gasteiger partial charge in [0, 0.05) is 21.3 Å². The summed E-state index contributed by atoms with van der Waals surface area (Å²) in [7, 11) is 1.48. The highest BCUT2D eigenvalue weighted by Crippen LogP contribution is 2.25. The van der Waals surface area contributed by atoms with Gasteiger partial charge < -0.3 is 4.74 Å². The van der Waals surface area contributed by atoms with Crippen molar-refractivity contribution in [2.24, 2.45) is 0 Å². The van der Waals surface area contributed by atoms with E-state index in [9.17, 15) is 12.8 Å². The Morgan fingerprint density at radius 2 is 1.90 bits per heavy atom. The molecule has 2 aromatic rings. The number of halogens is 3. The van der Waals surface area contributed by atoms with Crippen molar-refractivity contribution in [3.8, 4) is 5.75 Å². The van der Waals surface area contributed by atoms with E-state index in [1.54, 1.807) is 13.0 Å². The number of benzene rings is 2. The van der Waals surface area contributed by atoms with Crippen LogP contribution in [0.5, 0.6) is 5.75 Å². The lowest BCUT2D eigenvalue weighted by Crippen LogP contribution is -2.00. The summed E-state index contributed by atoms with van der Waals surface area (Å²) in [5.74, 6) is -0.00599. The molecule has 0 bridgehead atoms. The minimum Gasteiger partial charge on any atom is -0.489 e. The summed E-state index contributed by atoms with van der Waals surface area (Å²) in [6.45, 7) is 1.69. The second-order valence-corrected chi connectivity index (χ2v) is 7.39. The predicted molar refractivity (Wildman–Crippen MR) is 80.0 cm³/mol. The monoisotopic (exact) mass is 348 g/mol. The Morgan fingerprint density at radius 3 is 2.48 bits per heavy atom. The summed E-state index contributed by atoms with van der Waals surface area (Å²) in [5.41, 5.74) is 0.943. The maximum absolute atomic E-state index is 13.6. The topological polar surface area (TPSA) is 43.4 Å². The molecule has 0 atom stereocenters. The van der Waals surface area contributed by atoms with Crippen molar-refractivity contribution in [1.82, 2.24) is 0 Å². The SMILES string of the molecule is Cc1cc(S(=O)(=O)Cl)ccc1OCc1ccc(Cl)cc1F. The van der Waals surface area contributed by atoms with Crippen molar-refractivity contribution in [2.75, 3.05) is 0 Å². The molecule has 0 aliphatic rings. The fourth-order valence-corrected chi connectivity index (χ4v) is 2.72. The van der Waals surface area contributed by atoms with Gasteiger partial charge in [-0.05, 0) is 42.8 Å². The third kappa shape index (κ3) is 4.09. The van der Waals surface area contributed by atoms with Crippen molar-refractivity contribution in [1.29, 1.82) is 0 Å². The zero-order valence-electron chi connectivity index (χ0n) is 10.9. The lowest BCUT2D eigenvalue weighted by Gasteiger charge is -2.10. The van der Waals surface area contributed by atoms with Crippen LogP contribution in [0.25, 0.3) is 0 Å². The molecule has 0 amide bonds. The van der Waals surface area contributed by atoms with Crippen LogP contribution in [-0.4, -0.2) is 8.42 Å². The summed E-state index contributed by atoms with van der Waals surface area (Å²) in [4.78, 5) is -0.00769. The molecule has 0 aliphatic carbocycles. The average Bonchev–Trinajstić information content (AvgIpc) is 2.38. The maximum Gasteiger partial charge on any atom is 0.261 e. The van der Waals surface area contributed by atoms with Crippen LogP contribution in [0.4, 0.5) is 4.39 Å². The zero-order valence-corrected chi connectivity index (χ0v) is 13.3. The Morgan fingerprint density at radius 1 is 1.19 bits per heavy atom. The molecule has 0 aromatic heterocycles. The highest BCUT2D eigenvalue weighted by molar-refractivity contribution is 8.13. The Labute approximate surface area is 131 Å². The van der Waals surface area contributed by atoms with Gasteiger partial charge in [-0.3, -0.25) is 0 Å². The lowest BCUT2D eigenvalue weighted by molar-refractivity contribution is 0.297. The van der Waals surface area contributed by atoms with E-state index < -0.39 is 14.9 Å². The maximum atomic E-state index is 13.6. The fourth-order valence-electron chi connectivity index (χ4n) is 1.73. The number of ether oxygens (including phenoxy) is 1. The number of hydrogen-bond donors (Lipinski definition) is 0. The van der Waals surface area contributed by atoms with Gasteiger partial charge in [0.1, 0.15) is 18.2 Å². The molecule has 0 heterocycles. The highest BCUT2D eigenvalue weighted by atomic mass is 35.7. The molecule has 2 aromatic carbocycles. The van der Waals surface area contributed by atoms with Crippen LogP contribution in [0.2, 0.25) is 5.02 Å². The highest BCUT2D eigenvalue weighted by Gasteiger charge is 2.12. The van der Waals surface area contributed by atoms with E-state index in [1.807, 2.05) is 0 Å². The molecule has 112 valence electrons. The van der Waals surface area contributed by atoms with Crippen molar-refractivity contribution in [3.63, 3.8) is 0 Å². The summed E-state index contributed by atoms with van der Waals surface area (Å²) < 4.78 is 41.5. The number of aryl methyl sites for hydroxylation is 1. The van der Waals surface area contributed by atoms with Gasteiger partial charge in [-0.1, -0.05) is 17.7 Å². The lowest BCUT2D eigenvalue weighted by atomic mass is 10.2. The van der Waals surface area contributed by atoms with Gasteiger partial charge in [-0.2, -0.15) is 0 Å². The normalized spacial score (nSPS) is 11.4.